The maximum atomic E-state index is 11.7. The van der Waals surface area contributed by atoms with Gasteiger partial charge in [-0.25, -0.2) is 0 Å². The average molecular weight is 264 g/mol. The number of amides is 1. The van der Waals surface area contributed by atoms with Crippen LogP contribution in [0, 0.1) is 23.2 Å². The highest BCUT2D eigenvalue weighted by atomic mass is 16.2. The van der Waals surface area contributed by atoms with Crippen molar-refractivity contribution in [3.05, 3.63) is 0 Å². The normalized spacial score (nSPS) is 43.0. The predicted octanol–water partition coefficient (Wildman–Crippen LogP) is 2.32. The largest absolute Gasteiger partial charge is 0.358 e. The lowest BCUT2D eigenvalue weighted by Crippen LogP contribution is -2.57. The van der Waals surface area contributed by atoms with Gasteiger partial charge in [-0.15, -0.1) is 0 Å². The standard InChI is InChI=1S/C16H28N2O/c1-10(15(19)17-3)18-11(2)16-7-12-4-13(8-16)6-14(5-12)9-16/h10-14,18H,4-9H2,1-3H3,(H,17,19)/t10-,11+,12?,13?,14?,16?/m1/s1. The first kappa shape index (κ1) is 13.4. The molecule has 4 saturated carbocycles. The minimum absolute atomic E-state index is 0.0759. The average Bonchev–Trinajstić information content (AvgIpc) is 2.36. The molecule has 3 nitrogen and oxygen atoms in total. The van der Waals surface area contributed by atoms with E-state index < -0.39 is 0 Å². The smallest absolute Gasteiger partial charge is 0.236 e. The number of rotatable bonds is 4. The number of carbonyl (C=O) groups excluding carboxylic acids is 1. The minimum atomic E-state index is -0.0759. The number of carbonyl (C=O) groups is 1. The second kappa shape index (κ2) is 4.76. The highest BCUT2D eigenvalue weighted by Crippen LogP contribution is 2.61. The molecule has 3 heteroatoms. The lowest BCUT2D eigenvalue weighted by molar-refractivity contribution is -0.123. The summed E-state index contributed by atoms with van der Waals surface area (Å²) in [5.41, 5.74) is 0.483. The third-order valence-electron chi connectivity index (χ3n) is 6.14. The molecule has 0 aromatic rings. The van der Waals surface area contributed by atoms with Gasteiger partial charge in [0, 0.05) is 13.1 Å². The molecule has 19 heavy (non-hydrogen) atoms. The summed E-state index contributed by atoms with van der Waals surface area (Å²) in [6, 6.07) is 0.390. The monoisotopic (exact) mass is 264 g/mol. The van der Waals surface area contributed by atoms with Gasteiger partial charge in [0.2, 0.25) is 5.91 Å². The van der Waals surface area contributed by atoms with Crippen molar-refractivity contribution in [3.63, 3.8) is 0 Å². The molecule has 4 bridgehead atoms. The molecule has 0 heterocycles. The summed E-state index contributed by atoms with van der Waals surface area (Å²) in [6.07, 6.45) is 8.64. The van der Waals surface area contributed by atoms with E-state index in [2.05, 4.69) is 17.6 Å². The SMILES string of the molecule is CNC(=O)[C@@H](C)N[C@@H](C)C12CC3CC(CC(C3)C1)C2. The Hall–Kier alpha value is -0.570. The van der Waals surface area contributed by atoms with Crippen LogP contribution in [0.2, 0.25) is 0 Å². The molecule has 4 aliphatic rings. The van der Waals surface area contributed by atoms with Gasteiger partial charge in [-0.3, -0.25) is 4.79 Å². The highest BCUT2D eigenvalue weighted by molar-refractivity contribution is 5.80. The zero-order valence-electron chi connectivity index (χ0n) is 12.5. The summed E-state index contributed by atoms with van der Waals surface area (Å²) in [6.45, 7) is 4.29. The zero-order chi connectivity index (χ0) is 13.6. The summed E-state index contributed by atoms with van der Waals surface area (Å²) in [5.74, 6) is 3.04. The van der Waals surface area contributed by atoms with Gasteiger partial charge in [-0.05, 0) is 75.5 Å². The maximum Gasteiger partial charge on any atom is 0.236 e. The van der Waals surface area contributed by atoms with E-state index in [1.165, 1.54) is 38.5 Å². The quantitative estimate of drug-likeness (QED) is 0.818. The Balaban J connectivity index is 1.69. The van der Waals surface area contributed by atoms with E-state index in [4.69, 9.17) is 0 Å². The van der Waals surface area contributed by atoms with Crippen molar-refractivity contribution < 1.29 is 4.79 Å². The molecule has 2 N–H and O–H groups in total. The van der Waals surface area contributed by atoms with Crippen LogP contribution in [0.25, 0.3) is 0 Å². The van der Waals surface area contributed by atoms with E-state index in [1.807, 2.05) is 6.92 Å². The van der Waals surface area contributed by atoms with Crippen molar-refractivity contribution in [1.29, 1.82) is 0 Å². The van der Waals surface area contributed by atoms with Crippen molar-refractivity contribution in [2.75, 3.05) is 7.05 Å². The third kappa shape index (κ3) is 2.31. The fraction of sp³-hybridized carbons (Fsp3) is 0.938. The molecule has 1 amide bonds. The van der Waals surface area contributed by atoms with Gasteiger partial charge in [0.15, 0.2) is 0 Å². The Kier molecular flexibility index (Phi) is 3.36. The van der Waals surface area contributed by atoms with E-state index in [0.29, 0.717) is 11.5 Å². The van der Waals surface area contributed by atoms with Gasteiger partial charge < -0.3 is 10.6 Å². The molecule has 108 valence electrons. The van der Waals surface area contributed by atoms with Crippen molar-refractivity contribution in [2.45, 2.75) is 64.5 Å². The van der Waals surface area contributed by atoms with Crippen LogP contribution in [0.3, 0.4) is 0 Å². The van der Waals surface area contributed by atoms with Crippen molar-refractivity contribution in [3.8, 4) is 0 Å². The molecular weight excluding hydrogens is 236 g/mol. The first-order valence-electron chi connectivity index (χ1n) is 8.00. The van der Waals surface area contributed by atoms with Gasteiger partial charge >= 0.3 is 0 Å². The van der Waals surface area contributed by atoms with Gasteiger partial charge in [-0.1, -0.05) is 0 Å². The van der Waals surface area contributed by atoms with Crippen LogP contribution in [-0.2, 0) is 4.79 Å². The van der Waals surface area contributed by atoms with E-state index in [9.17, 15) is 4.79 Å². The van der Waals surface area contributed by atoms with Gasteiger partial charge in [-0.2, -0.15) is 0 Å². The Morgan fingerprint density at radius 2 is 1.53 bits per heavy atom. The van der Waals surface area contributed by atoms with Crippen LogP contribution in [0.15, 0.2) is 0 Å². The number of nitrogens with one attached hydrogen (secondary N) is 2. The van der Waals surface area contributed by atoms with Crippen LogP contribution in [0.5, 0.6) is 0 Å². The molecule has 0 aromatic carbocycles. The Morgan fingerprint density at radius 1 is 1.05 bits per heavy atom. The Bertz CT molecular complexity index is 330. The third-order valence-corrected chi connectivity index (χ3v) is 6.14. The van der Waals surface area contributed by atoms with Gasteiger partial charge in [0.25, 0.3) is 0 Å². The topological polar surface area (TPSA) is 41.1 Å². The molecule has 4 aliphatic carbocycles. The second-order valence-electron chi connectivity index (χ2n) is 7.50. The van der Waals surface area contributed by atoms with Crippen LogP contribution in [0.1, 0.15) is 52.4 Å². The molecule has 4 fully saturated rings. The molecule has 4 rings (SSSR count). The molecule has 0 unspecified atom stereocenters. The summed E-state index contributed by atoms with van der Waals surface area (Å²) in [5, 5.41) is 6.32. The Labute approximate surface area is 116 Å². The summed E-state index contributed by atoms with van der Waals surface area (Å²) >= 11 is 0. The van der Waals surface area contributed by atoms with Crippen LogP contribution >= 0.6 is 0 Å². The summed E-state index contributed by atoms with van der Waals surface area (Å²) < 4.78 is 0. The molecule has 0 aromatic heterocycles. The number of hydrogen-bond donors (Lipinski definition) is 2. The summed E-state index contributed by atoms with van der Waals surface area (Å²) in [4.78, 5) is 11.7. The number of likely N-dealkylation sites (N-methyl/N-ethyl adjacent to an activating group) is 1. The zero-order valence-corrected chi connectivity index (χ0v) is 12.5. The van der Waals surface area contributed by atoms with Crippen LogP contribution < -0.4 is 10.6 Å². The summed E-state index contributed by atoms with van der Waals surface area (Å²) in [7, 11) is 1.72. The van der Waals surface area contributed by atoms with Crippen LogP contribution in [0.4, 0.5) is 0 Å². The fourth-order valence-corrected chi connectivity index (χ4v) is 5.55. The molecule has 0 radical (unpaired) electrons. The van der Waals surface area contributed by atoms with Crippen molar-refractivity contribution in [1.82, 2.24) is 10.6 Å². The van der Waals surface area contributed by atoms with Crippen molar-refractivity contribution >= 4 is 5.91 Å². The molecule has 2 atom stereocenters. The lowest BCUT2D eigenvalue weighted by Gasteiger charge is -2.59. The number of hydrogen-bond acceptors (Lipinski definition) is 2. The van der Waals surface area contributed by atoms with E-state index in [0.717, 1.165) is 17.8 Å². The van der Waals surface area contributed by atoms with Crippen LogP contribution in [-0.4, -0.2) is 25.0 Å². The second-order valence-corrected chi connectivity index (χ2v) is 7.50. The molecule has 0 aliphatic heterocycles. The fourth-order valence-electron chi connectivity index (χ4n) is 5.55. The van der Waals surface area contributed by atoms with Gasteiger partial charge in [0.05, 0.1) is 6.04 Å². The van der Waals surface area contributed by atoms with E-state index in [1.54, 1.807) is 7.05 Å². The lowest BCUT2D eigenvalue weighted by atomic mass is 9.48. The molecular formula is C16H28N2O. The first-order valence-corrected chi connectivity index (χ1v) is 8.00. The first-order chi connectivity index (χ1) is 9.02. The van der Waals surface area contributed by atoms with Crippen molar-refractivity contribution in [2.24, 2.45) is 23.2 Å². The predicted molar refractivity (Wildman–Crippen MR) is 76.7 cm³/mol. The van der Waals surface area contributed by atoms with Gasteiger partial charge in [0.1, 0.15) is 0 Å². The molecule has 0 saturated heterocycles. The maximum absolute atomic E-state index is 11.7. The molecule has 0 spiro atoms. The van der Waals surface area contributed by atoms with E-state index in [-0.39, 0.29) is 11.9 Å². The minimum Gasteiger partial charge on any atom is -0.358 e. The highest BCUT2D eigenvalue weighted by Gasteiger charge is 2.53. The van der Waals surface area contributed by atoms with E-state index >= 15 is 0 Å². The Morgan fingerprint density at radius 3 is 1.95 bits per heavy atom.